The van der Waals surface area contributed by atoms with Crippen LogP contribution in [0.15, 0.2) is 23.1 Å². The zero-order valence-corrected chi connectivity index (χ0v) is 8.58. The van der Waals surface area contributed by atoms with Crippen molar-refractivity contribution in [3.8, 4) is 12.1 Å². The number of nitriles is 2. The maximum Gasteiger partial charge on any atom is 0.144 e. The number of hydrogen-bond acceptors (Lipinski definition) is 4. The van der Waals surface area contributed by atoms with Gasteiger partial charge in [-0.25, -0.2) is 0 Å². The van der Waals surface area contributed by atoms with Crippen molar-refractivity contribution in [3.63, 3.8) is 0 Å². The maximum absolute atomic E-state index is 8.69. The van der Waals surface area contributed by atoms with Crippen molar-refractivity contribution in [1.82, 2.24) is 0 Å². The topological polar surface area (TPSA) is 47.6 Å². The van der Waals surface area contributed by atoms with E-state index >= 15 is 0 Å². The lowest BCUT2D eigenvalue weighted by molar-refractivity contribution is 1.47. The van der Waals surface area contributed by atoms with Gasteiger partial charge in [0.05, 0.1) is 4.91 Å². The number of thiophene rings is 1. The summed E-state index contributed by atoms with van der Waals surface area (Å²) in [6, 6.07) is 7.60. The van der Waals surface area contributed by atoms with Crippen LogP contribution >= 0.6 is 23.1 Å². The van der Waals surface area contributed by atoms with Crippen LogP contribution in [-0.4, -0.2) is 6.26 Å². The second-order valence-corrected chi connectivity index (χ2v) is 3.87. The molecule has 0 atom stereocenters. The first-order chi connectivity index (χ1) is 6.33. The van der Waals surface area contributed by atoms with Crippen LogP contribution in [0, 0.1) is 22.7 Å². The van der Waals surface area contributed by atoms with Gasteiger partial charge in [0.2, 0.25) is 0 Å². The highest BCUT2D eigenvalue weighted by molar-refractivity contribution is 8.07. The van der Waals surface area contributed by atoms with Crippen LogP contribution in [0.5, 0.6) is 0 Å². The summed E-state index contributed by atoms with van der Waals surface area (Å²) in [5.41, 5.74) is 0.190. The van der Waals surface area contributed by atoms with Gasteiger partial charge in [-0.1, -0.05) is 6.07 Å². The van der Waals surface area contributed by atoms with Gasteiger partial charge < -0.3 is 0 Å². The van der Waals surface area contributed by atoms with E-state index in [0.717, 1.165) is 9.78 Å². The number of allylic oxidation sites excluding steroid dienone is 1. The Morgan fingerprint density at radius 1 is 1.46 bits per heavy atom. The van der Waals surface area contributed by atoms with Crippen molar-refractivity contribution in [2.24, 2.45) is 0 Å². The van der Waals surface area contributed by atoms with E-state index in [-0.39, 0.29) is 5.57 Å². The Morgan fingerprint density at radius 3 is 2.54 bits per heavy atom. The quantitative estimate of drug-likeness (QED) is 0.699. The largest absolute Gasteiger partial charge is 0.192 e. The number of thioether (sulfide) groups is 1. The maximum atomic E-state index is 8.69. The molecule has 0 radical (unpaired) electrons. The zero-order chi connectivity index (χ0) is 9.68. The van der Waals surface area contributed by atoms with E-state index in [2.05, 4.69) is 0 Å². The molecule has 1 heterocycles. The molecule has 0 aliphatic carbocycles. The van der Waals surface area contributed by atoms with E-state index in [1.54, 1.807) is 0 Å². The molecular formula is C9H6N2S2. The van der Waals surface area contributed by atoms with Gasteiger partial charge in [-0.2, -0.15) is 10.5 Å². The Morgan fingerprint density at radius 2 is 2.15 bits per heavy atom. The van der Waals surface area contributed by atoms with Gasteiger partial charge in [-0.05, 0) is 17.7 Å². The molecule has 4 heteroatoms. The molecule has 1 aromatic heterocycles. The summed E-state index contributed by atoms with van der Waals surface area (Å²) in [5.74, 6) is 0. The minimum Gasteiger partial charge on any atom is -0.192 e. The summed E-state index contributed by atoms with van der Waals surface area (Å²) in [6.45, 7) is 0. The van der Waals surface area contributed by atoms with Crippen LogP contribution in [0.2, 0.25) is 0 Å². The highest BCUT2D eigenvalue weighted by atomic mass is 32.2. The van der Waals surface area contributed by atoms with E-state index < -0.39 is 0 Å². The average Bonchev–Trinajstić information content (AvgIpc) is 2.66. The third kappa shape index (κ3) is 2.12. The third-order valence-electron chi connectivity index (χ3n) is 1.40. The Hall–Kier alpha value is -1.23. The second-order valence-electron chi connectivity index (χ2n) is 2.11. The summed E-state index contributed by atoms with van der Waals surface area (Å²) in [4.78, 5) is 1.74. The number of nitrogens with zero attached hydrogens (tertiary/aromatic N) is 2. The van der Waals surface area contributed by atoms with Gasteiger partial charge in [0.25, 0.3) is 0 Å². The van der Waals surface area contributed by atoms with Crippen LogP contribution in [0.4, 0.5) is 0 Å². The lowest BCUT2D eigenvalue weighted by Crippen LogP contribution is -1.80. The molecule has 1 aromatic rings. The standard InChI is InChI=1S/C9H6N2S2/c1-12-9(7(5-10)6-11)8-3-2-4-13-8/h2-4H,1H3. The predicted octanol–water partition coefficient (Wildman–Crippen LogP) is 2.87. The molecule has 13 heavy (non-hydrogen) atoms. The number of hydrogen-bond donors (Lipinski definition) is 0. The van der Waals surface area contributed by atoms with Crippen LogP contribution in [0.3, 0.4) is 0 Å². The van der Waals surface area contributed by atoms with Crippen LogP contribution < -0.4 is 0 Å². The predicted molar refractivity (Wildman–Crippen MR) is 56.0 cm³/mol. The number of rotatable bonds is 2. The highest BCUT2D eigenvalue weighted by Gasteiger charge is 2.08. The smallest absolute Gasteiger partial charge is 0.144 e. The van der Waals surface area contributed by atoms with E-state index in [1.165, 1.54) is 23.1 Å². The lowest BCUT2D eigenvalue weighted by atomic mass is 10.3. The van der Waals surface area contributed by atoms with Crippen LogP contribution in [0.25, 0.3) is 4.91 Å². The Kier molecular flexibility index (Phi) is 3.57. The van der Waals surface area contributed by atoms with Gasteiger partial charge in [-0.3, -0.25) is 0 Å². The summed E-state index contributed by atoms with van der Waals surface area (Å²) >= 11 is 2.96. The summed E-state index contributed by atoms with van der Waals surface area (Å²) in [5, 5.41) is 19.3. The average molecular weight is 206 g/mol. The van der Waals surface area contributed by atoms with Crippen LogP contribution in [-0.2, 0) is 0 Å². The zero-order valence-electron chi connectivity index (χ0n) is 6.94. The molecule has 0 fully saturated rings. The third-order valence-corrected chi connectivity index (χ3v) is 3.25. The summed E-state index contributed by atoms with van der Waals surface area (Å²) in [7, 11) is 0. The SMILES string of the molecule is CSC(=C(C#N)C#N)c1cccs1. The molecule has 0 aliphatic rings. The normalized spacial score (nSPS) is 8.54. The first-order valence-corrected chi connectivity index (χ1v) is 5.56. The molecule has 0 saturated carbocycles. The molecular weight excluding hydrogens is 200 g/mol. The minimum absolute atomic E-state index is 0.190. The van der Waals surface area contributed by atoms with Crippen molar-refractivity contribution < 1.29 is 0 Å². The van der Waals surface area contributed by atoms with Gasteiger partial charge in [0.1, 0.15) is 17.7 Å². The van der Waals surface area contributed by atoms with Crippen molar-refractivity contribution in [1.29, 1.82) is 10.5 Å². The molecule has 0 bridgehead atoms. The molecule has 0 aromatic carbocycles. The molecule has 2 nitrogen and oxygen atoms in total. The Bertz CT molecular complexity index is 374. The van der Waals surface area contributed by atoms with Gasteiger partial charge in [0, 0.05) is 4.88 Å². The van der Waals surface area contributed by atoms with Crippen LogP contribution in [0.1, 0.15) is 4.88 Å². The lowest BCUT2D eigenvalue weighted by Gasteiger charge is -1.98. The Balaban J connectivity index is 3.21. The molecule has 0 saturated heterocycles. The second kappa shape index (κ2) is 4.71. The Labute approximate surface area is 85.1 Å². The first kappa shape index (κ1) is 9.85. The minimum atomic E-state index is 0.190. The van der Waals surface area contributed by atoms with Crippen molar-refractivity contribution in [2.45, 2.75) is 0 Å². The first-order valence-electron chi connectivity index (χ1n) is 3.45. The molecule has 1 rings (SSSR count). The van der Waals surface area contributed by atoms with E-state index in [1.807, 2.05) is 35.9 Å². The van der Waals surface area contributed by atoms with E-state index in [0.29, 0.717) is 0 Å². The monoisotopic (exact) mass is 206 g/mol. The van der Waals surface area contributed by atoms with Crippen molar-refractivity contribution in [2.75, 3.05) is 6.26 Å². The molecule has 0 aliphatic heterocycles. The van der Waals surface area contributed by atoms with Gasteiger partial charge in [-0.15, -0.1) is 23.1 Å². The molecule has 0 N–H and O–H groups in total. The molecule has 0 spiro atoms. The van der Waals surface area contributed by atoms with Gasteiger partial charge >= 0.3 is 0 Å². The fourth-order valence-electron chi connectivity index (χ4n) is 0.860. The molecule has 0 unspecified atom stereocenters. The molecule has 0 amide bonds. The van der Waals surface area contributed by atoms with E-state index in [4.69, 9.17) is 10.5 Å². The highest BCUT2D eigenvalue weighted by Crippen LogP contribution is 2.31. The van der Waals surface area contributed by atoms with Crippen molar-refractivity contribution in [3.05, 3.63) is 28.0 Å². The molecule has 64 valence electrons. The van der Waals surface area contributed by atoms with Crippen molar-refractivity contribution >= 4 is 28.0 Å². The fourth-order valence-corrected chi connectivity index (χ4v) is 2.49. The summed E-state index contributed by atoms with van der Waals surface area (Å²) < 4.78 is 0. The summed E-state index contributed by atoms with van der Waals surface area (Å²) in [6.07, 6.45) is 1.86. The van der Waals surface area contributed by atoms with Gasteiger partial charge in [0.15, 0.2) is 0 Å². The van der Waals surface area contributed by atoms with E-state index in [9.17, 15) is 0 Å². The fraction of sp³-hybridized carbons (Fsp3) is 0.111.